The van der Waals surface area contributed by atoms with Crippen LogP contribution in [-0.2, 0) is 14.3 Å². The Kier molecular flexibility index (Phi) is 7.43. The van der Waals surface area contributed by atoms with Gasteiger partial charge in [0, 0.05) is 12.0 Å². The largest absolute Gasteiger partial charge is 0.438 e. The van der Waals surface area contributed by atoms with E-state index in [-0.39, 0.29) is 47.4 Å². The number of allylic oxidation sites excluding steroid dienone is 2. The van der Waals surface area contributed by atoms with Gasteiger partial charge in [-0.2, -0.15) is 0 Å². The van der Waals surface area contributed by atoms with Crippen LogP contribution in [0.2, 0.25) is 0 Å². The van der Waals surface area contributed by atoms with Gasteiger partial charge in [-0.25, -0.2) is 0 Å². The van der Waals surface area contributed by atoms with Gasteiger partial charge in [0.1, 0.15) is 0 Å². The molecule has 5 aliphatic carbocycles. The number of esters is 1. The molecule has 4 fully saturated rings. The smallest absolute Gasteiger partial charge is 0.314 e. The lowest BCUT2D eigenvalue weighted by Crippen LogP contribution is -2.68. The summed E-state index contributed by atoms with van der Waals surface area (Å²) in [4.78, 5) is 13.8. The highest BCUT2D eigenvalue weighted by Gasteiger charge is 2.70. The fraction of sp³-hybridized carbons (Fsp3) is 0.909. The molecule has 0 spiro atoms. The van der Waals surface area contributed by atoms with Crippen molar-refractivity contribution in [3.05, 3.63) is 11.6 Å². The monoisotopic (exact) mass is 546 g/mol. The van der Waals surface area contributed by atoms with E-state index in [1.807, 2.05) is 13.8 Å². The SMILES string of the molecule is CCOCOC(=O)[C@]12CC[C@@H](C)[C@H](C)C1C1=CCC3[C@@]4(C)C[C@@H](O)[C@H](O)[C@@](C)(CO)C4CC[C@@]3(C)[C@]1(C)CC2. The van der Waals surface area contributed by atoms with Crippen LogP contribution in [0.3, 0.4) is 0 Å². The predicted molar refractivity (Wildman–Crippen MR) is 150 cm³/mol. The van der Waals surface area contributed by atoms with Crippen LogP contribution in [0, 0.1) is 56.7 Å². The van der Waals surface area contributed by atoms with E-state index >= 15 is 0 Å². The molecule has 12 atom stereocenters. The lowest BCUT2D eigenvalue weighted by Gasteiger charge is -2.71. The molecule has 6 heteroatoms. The molecule has 4 saturated carbocycles. The van der Waals surface area contributed by atoms with Gasteiger partial charge in [0.25, 0.3) is 0 Å². The van der Waals surface area contributed by atoms with E-state index in [1.54, 1.807) is 0 Å². The van der Waals surface area contributed by atoms with Crippen LogP contribution in [0.25, 0.3) is 0 Å². The topological polar surface area (TPSA) is 96.2 Å². The maximum Gasteiger partial charge on any atom is 0.314 e. The van der Waals surface area contributed by atoms with E-state index in [1.165, 1.54) is 5.57 Å². The van der Waals surface area contributed by atoms with Crippen LogP contribution in [-0.4, -0.2) is 53.5 Å². The standard InChI is InChI=1S/C33H54O6/c1-8-38-19-39-28(37)33-14-11-20(2)21(3)26(33)22-9-10-25-29(4)17-23(35)27(36)30(5,18-34)24(29)12-13-32(25,7)31(22,6)15-16-33/h9,20-21,23-27,34-36H,8,10-19H2,1-7H3/t20-,21+,23-,24?,25?,26?,27+,29+,30+,31-,32-,33+/m1/s1. The van der Waals surface area contributed by atoms with Crippen molar-refractivity contribution in [2.45, 2.75) is 112 Å². The lowest BCUT2D eigenvalue weighted by molar-refractivity contribution is -0.244. The van der Waals surface area contributed by atoms with Gasteiger partial charge in [-0.05, 0) is 104 Å². The minimum atomic E-state index is -0.905. The van der Waals surface area contributed by atoms with Crippen LogP contribution in [0.4, 0.5) is 0 Å². The van der Waals surface area contributed by atoms with Crippen LogP contribution < -0.4 is 0 Å². The van der Waals surface area contributed by atoms with Gasteiger partial charge in [0.2, 0.25) is 0 Å². The Morgan fingerprint density at radius 2 is 1.74 bits per heavy atom. The summed E-state index contributed by atoms with van der Waals surface area (Å²) >= 11 is 0. The summed E-state index contributed by atoms with van der Waals surface area (Å²) in [5, 5.41) is 32.6. The van der Waals surface area contributed by atoms with Crippen LogP contribution in [0.5, 0.6) is 0 Å². The zero-order chi connectivity index (χ0) is 28.6. The molecule has 0 aliphatic heterocycles. The number of hydrogen-bond donors (Lipinski definition) is 3. The first kappa shape index (κ1) is 29.5. The van der Waals surface area contributed by atoms with Crippen LogP contribution in [0.15, 0.2) is 11.6 Å². The number of aliphatic hydroxyl groups is 3. The van der Waals surface area contributed by atoms with E-state index in [0.717, 1.165) is 44.9 Å². The van der Waals surface area contributed by atoms with Gasteiger partial charge in [0.15, 0.2) is 6.79 Å². The Morgan fingerprint density at radius 3 is 2.41 bits per heavy atom. The highest BCUT2D eigenvalue weighted by atomic mass is 16.7. The zero-order valence-corrected chi connectivity index (χ0v) is 25.5. The molecule has 3 unspecified atom stereocenters. The third-order valence-corrected chi connectivity index (χ3v) is 14.0. The molecule has 0 amide bonds. The zero-order valence-electron chi connectivity index (χ0n) is 25.5. The fourth-order valence-electron chi connectivity index (χ4n) is 11.3. The van der Waals surface area contributed by atoms with E-state index in [2.05, 4.69) is 40.7 Å². The summed E-state index contributed by atoms with van der Waals surface area (Å²) in [5.74, 6) is 1.51. The van der Waals surface area contributed by atoms with E-state index in [9.17, 15) is 20.1 Å². The quantitative estimate of drug-likeness (QED) is 0.183. The molecule has 0 aromatic heterocycles. The molecule has 0 heterocycles. The normalized spacial score (nSPS) is 53.0. The summed E-state index contributed by atoms with van der Waals surface area (Å²) in [6, 6.07) is 0. The molecule has 0 aromatic carbocycles. The minimum absolute atomic E-state index is 0.00248. The van der Waals surface area contributed by atoms with Crippen LogP contribution in [0.1, 0.15) is 99.8 Å². The number of fused-ring (bicyclic) bond motifs is 7. The number of ether oxygens (including phenoxy) is 2. The summed E-state index contributed by atoms with van der Waals surface area (Å²) in [7, 11) is 0. The van der Waals surface area contributed by atoms with Crippen molar-refractivity contribution in [2.75, 3.05) is 20.0 Å². The lowest BCUT2D eigenvalue weighted by atomic mass is 9.33. The second-order valence-electron chi connectivity index (χ2n) is 15.2. The van der Waals surface area contributed by atoms with Crippen molar-refractivity contribution >= 4 is 5.97 Å². The first-order valence-corrected chi connectivity index (χ1v) is 15.7. The third kappa shape index (κ3) is 3.83. The molecule has 0 radical (unpaired) electrons. The molecule has 0 aromatic rings. The number of carbonyl (C=O) groups is 1. The Morgan fingerprint density at radius 1 is 1.03 bits per heavy atom. The van der Waals surface area contributed by atoms with Gasteiger partial charge in [-0.3, -0.25) is 4.79 Å². The van der Waals surface area contributed by atoms with Crippen molar-refractivity contribution in [2.24, 2.45) is 56.7 Å². The van der Waals surface area contributed by atoms with Crippen LogP contribution >= 0.6 is 0 Å². The summed E-state index contributed by atoms with van der Waals surface area (Å²) in [6.07, 6.45) is 7.93. The van der Waals surface area contributed by atoms with Gasteiger partial charge in [0.05, 0.1) is 24.2 Å². The average Bonchev–Trinajstić information content (AvgIpc) is 2.89. The second-order valence-corrected chi connectivity index (χ2v) is 15.2. The van der Waals surface area contributed by atoms with Gasteiger partial charge >= 0.3 is 5.97 Å². The molecule has 222 valence electrons. The fourth-order valence-corrected chi connectivity index (χ4v) is 11.3. The van der Waals surface area contributed by atoms with Gasteiger partial charge in [-0.15, -0.1) is 0 Å². The maximum atomic E-state index is 13.8. The maximum absolute atomic E-state index is 13.8. The Hall–Kier alpha value is -0.950. The molecule has 6 nitrogen and oxygen atoms in total. The van der Waals surface area contributed by atoms with E-state index < -0.39 is 23.0 Å². The van der Waals surface area contributed by atoms with Gasteiger partial charge in [-0.1, -0.05) is 53.2 Å². The predicted octanol–water partition coefficient (Wildman–Crippen LogP) is 5.49. The minimum Gasteiger partial charge on any atom is -0.438 e. The molecular weight excluding hydrogens is 492 g/mol. The van der Waals surface area contributed by atoms with E-state index in [4.69, 9.17) is 9.47 Å². The Bertz CT molecular complexity index is 995. The number of carbonyl (C=O) groups excluding carboxylic acids is 1. The second kappa shape index (κ2) is 9.81. The number of rotatable bonds is 5. The number of aliphatic hydroxyl groups excluding tert-OH is 3. The highest BCUT2D eigenvalue weighted by molar-refractivity contribution is 5.78. The van der Waals surface area contributed by atoms with Crippen molar-refractivity contribution < 1.29 is 29.6 Å². The summed E-state index contributed by atoms with van der Waals surface area (Å²) < 4.78 is 11.2. The molecule has 0 saturated heterocycles. The number of hydrogen-bond acceptors (Lipinski definition) is 6. The Labute approximate surface area is 235 Å². The molecule has 39 heavy (non-hydrogen) atoms. The molecular formula is C33H54O6. The third-order valence-electron chi connectivity index (χ3n) is 14.0. The molecule has 5 rings (SSSR count). The van der Waals surface area contributed by atoms with Crippen molar-refractivity contribution in [3.63, 3.8) is 0 Å². The first-order chi connectivity index (χ1) is 18.3. The van der Waals surface area contributed by atoms with Crippen molar-refractivity contribution in [1.82, 2.24) is 0 Å². The summed E-state index contributed by atoms with van der Waals surface area (Å²) in [5.41, 5.74) is 0.0354. The molecule has 5 aliphatic rings. The van der Waals surface area contributed by atoms with Gasteiger partial charge < -0.3 is 24.8 Å². The Balaban J connectivity index is 1.57. The average molecular weight is 547 g/mol. The molecule has 0 bridgehead atoms. The summed E-state index contributed by atoms with van der Waals surface area (Å²) in [6.45, 7) is 16.3. The van der Waals surface area contributed by atoms with Crippen molar-refractivity contribution in [1.29, 1.82) is 0 Å². The first-order valence-electron chi connectivity index (χ1n) is 15.7. The van der Waals surface area contributed by atoms with E-state index in [0.29, 0.717) is 30.8 Å². The van der Waals surface area contributed by atoms with Crippen molar-refractivity contribution in [3.8, 4) is 0 Å². The highest BCUT2D eigenvalue weighted by Crippen LogP contribution is 2.75. The molecule has 3 N–H and O–H groups in total.